The average Bonchev–Trinajstić information content (AvgIpc) is 2.73. The highest BCUT2D eigenvalue weighted by Crippen LogP contribution is 2.30. The Labute approximate surface area is 83.6 Å². The molecule has 4 nitrogen and oxygen atoms in total. The first-order chi connectivity index (χ1) is 6.68. The third-order valence-electron chi connectivity index (χ3n) is 3.39. The van der Waals surface area contributed by atoms with Crippen molar-refractivity contribution in [3.8, 4) is 0 Å². The van der Waals surface area contributed by atoms with Crippen LogP contribution in [0.5, 0.6) is 0 Å². The van der Waals surface area contributed by atoms with Gasteiger partial charge in [-0.05, 0) is 25.7 Å². The van der Waals surface area contributed by atoms with Crippen molar-refractivity contribution in [2.75, 3.05) is 6.54 Å². The number of carbonyl (C=O) groups is 2. The minimum atomic E-state index is -0.214. The van der Waals surface area contributed by atoms with Gasteiger partial charge in [0.25, 0.3) is 0 Å². The van der Waals surface area contributed by atoms with Crippen LogP contribution in [-0.4, -0.2) is 29.4 Å². The summed E-state index contributed by atoms with van der Waals surface area (Å²) in [5, 5.41) is 2.32. The third kappa shape index (κ3) is 1.61. The molecule has 1 saturated carbocycles. The Balaban J connectivity index is 1.99. The molecule has 1 heterocycles. The molecule has 1 unspecified atom stereocenters. The lowest BCUT2D eigenvalue weighted by Gasteiger charge is -2.27. The van der Waals surface area contributed by atoms with Crippen LogP contribution in [0.4, 0.5) is 4.79 Å². The first-order valence-electron chi connectivity index (χ1n) is 5.29. The number of rotatable bonds is 2. The number of amides is 3. The van der Waals surface area contributed by atoms with Gasteiger partial charge in [0, 0.05) is 6.04 Å². The summed E-state index contributed by atoms with van der Waals surface area (Å²) in [6.45, 7) is 2.30. The van der Waals surface area contributed by atoms with Crippen LogP contribution in [0, 0.1) is 5.92 Å². The van der Waals surface area contributed by atoms with Gasteiger partial charge < -0.3 is 4.90 Å². The quantitative estimate of drug-likeness (QED) is 0.673. The molecule has 1 saturated heterocycles. The summed E-state index contributed by atoms with van der Waals surface area (Å²) in [5.74, 6) is 0.423. The maximum atomic E-state index is 11.4. The molecule has 14 heavy (non-hydrogen) atoms. The standard InChI is InChI=1S/C10H16N2O2/c1-7(8-4-2-3-5-8)12-6-9(13)11-10(12)14/h7-8H,2-6H2,1H3,(H,11,13,14). The largest absolute Gasteiger partial charge is 0.324 e. The first-order valence-corrected chi connectivity index (χ1v) is 5.29. The second-order valence-corrected chi connectivity index (χ2v) is 4.27. The molecule has 1 atom stereocenters. The van der Waals surface area contributed by atoms with Crippen LogP contribution in [0.15, 0.2) is 0 Å². The molecule has 78 valence electrons. The van der Waals surface area contributed by atoms with Crippen LogP contribution >= 0.6 is 0 Å². The van der Waals surface area contributed by atoms with Crippen LogP contribution in [0.2, 0.25) is 0 Å². The van der Waals surface area contributed by atoms with E-state index in [0.717, 1.165) is 0 Å². The van der Waals surface area contributed by atoms with E-state index in [1.807, 2.05) is 6.92 Å². The zero-order valence-electron chi connectivity index (χ0n) is 8.45. The minimum absolute atomic E-state index is 0.167. The second kappa shape index (κ2) is 3.59. The Morgan fingerprint density at radius 2 is 2.00 bits per heavy atom. The number of hydrogen-bond acceptors (Lipinski definition) is 2. The molecule has 2 rings (SSSR count). The van der Waals surface area contributed by atoms with Crippen LogP contribution in [0.1, 0.15) is 32.6 Å². The Morgan fingerprint density at radius 1 is 1.36 bits per heavy atom. The summed E-state index contributed by atoms with van der Waals surface area (Å²) in [6, 6.07) is -0.00153. The SMILES string of the molecule is CC(C1CCCC1)N1CC(=O)NC1=O. The Hall–Kier alpha value is -1.06. The number of hydrogen-bond donors (Lipinski definition) is 1. The van der Waals surface area contributed by atoms with Crippen molar-refractivity contribution in [1.82, 2.24) is 10.2 Å². The molecular formula is C10H16N2O2. The van der Waals surface area contributed by atoms with Gasteiger partial charge in [-0.3, -0.25) is 10.1 Å². The van der Waals surface area contributed by atoms with Gasteiger partial charge in [0.1, 0.15) is 6.54 Å². The van der Waals surface area contributed by atoms with Gasteiger partial charge in [-0.15, -0.1) is 0 Å². The lowest BCUT2D eigenvalue weighted by atomic mass is 9.99. The van der Waals surface area contributed by atoms with E-state index in [2.05, 4.69) is 5.32 Å². The van der Waals surface area contributed by atoms with Gasteiger partial charge in [-0.2, -0.15) is 0 Å². The fourth-order valence-corrected chi connectivity index (χ4v) is 2.48. The summed E-state index contributed by atoms with van der Waals surface area (Å²) in [7, 11) is 0. The van der Waals surface area contributed by atoms with Crippen molar-refractivity contribution in [2.45, 2.75) is 38.6 Å². The molecule has 2 fully saturated rings. The monoisotopic (exact) mass is 196 g/mol. The highest BCUT2D eigenvalue weighted by Gasteiger charge is 2.35. The van der Waals surface area contributed by atoms with Crippen LogP contribution in [-0.2, 0) is 4.79 Å². The maximum absolute atomic E-state index is 11.4. The van der Waals surface area contributed by atoms with Crippen molar-refractivity contribution < 1.29 is 9.59 Å². The predicted octanol–water partition coefficient (Wildman–Crippen LogP) is 1.12. The average molecular weight is 196 g/mol. The van der Waals surface area contributed by atoms with Gasteiger partial charge in [0.2, 0.25) is 5.91 Å². The van der Waals surface area contributed by atoms with Crippen molar-refractivity contribution >= 4 is 11.9 Å². The number of carbonyl (C=O) groups excluding carboxylic acids is 2. The molecule has 4 heteroatoms. The zero-order chi connectivity index (χ0) is 10.1. The van der Waals surface area contributed by atoms with Crippen LogP contribution in [0.3, 0.4) is 0 Å². The molecule has 0 aromatic rings. The van der Waals surface area contributed by atoms with Crippen molar-refractivity contribution in [2.24, 2.45) is 5.92 Å². The smallest absolute Gasteiger partial charge is 0.312 e. The number of nitrogens with zero attached hydrogens (tertiary/aromatic N) is 1. The highest BCUT2D eigenvalue weighted by molar-refractivity contribution is 6.02. The fourth-order valence-electron chi connectivity index (χ4n) is 2.48. The minimum Gasteiger partial charge on any atom is -0.312 e. The molecule has 1 N–H and O–H groups in total. The summed E-state index contributed by atoms with van der Waals surface area (Å²) in [4.78, 5) is 24.1. The molecule has 1 aliphatic heterocycles. The molecule has 0 aromatic heterocycles. The van der Waals surface area contributed by atoms with E-state index < -0.39 is 0 Å². The van der Waals surface area contributed by atoms with E-state index in [1.165, 1.54) is 25.7 Å². The Bertz CT molecular complexity index is 259. The maximum Gasteiger partial charge on any atom is 0.324 e. The number of imide groups is 1. The summed E-state index contributed by atoms with van der Waals surface area (Å²) < 4.78 is 0. The molecule has 0 spiro atoms. The predicted molar refractivity (Wildman–Crippen MR) is 51.7 cm³/mol. The van der Waals surface area contributed by atoms with E-state index in [4.69, 9.17) is 0 Å². The van der Waals surface area contributed by atoms with Gasteiger partial charge in [-0.25, -0.2) is 4.79 Å². The third-order valence-corrected chi connectivity index (χ3v) is 3.39. The highest BCUT2D eigenvalue weighted by atomic mass is 16.2. The molecule has 1 aliphatic carbocycles. The Kier molecular flexibility index (Phi) is 2.44. The molecular weight excluding hydrogens is 180 g/mol. The molecule has 0 aromatic carbocycles. The van der Waals surface area contributed by atoms with E-state index in [0.29, 0.717) is 5.92 Å². The van der Waals surface area contributed by atoms with Gasteiger partial charge in [0.05, 0.1) is 0 Å². The summed E-state index contributed by atoms with van der Waals surface area (Å²) >= 11 is 0. The van der Waals surface area contributed by atoms with E-state index in [-0.39, 0.29) is 24.5 Å². The van der Waals surface area contributed by atoms with Crippen LogP contribution < -0.4 is 5.32 Å². The van der Waals surface area contributed by atoms with E-state index in [9.17, 15) is 9.59 Å². The summed E-state index contributed by atoms with van der Waals surface area (Å²) in [5.41, 5.74) is 0. The first kappa shape index (κ1) is 9.49. The van der Waals surface area contributed by atoms with Crippen LogP contribution in [0.25, 0.3) is 0 Å². The molecule has 0 bridgehead atoms. The van der Waals surface area contributed by atoms with Gasteiger partial charge in [-0.1, -0.05) is 12.8 Å². The normalized spacial score (nSPS) is 25.6. The van der Waals surface area contributed by atoms with E-state index >= 15 is 0 Å². The van der Waals surface area contributed by atoms with E-state index in [1.54, 1.807) is 4.90 Å². The van der Waals surface area contributed by atoms with Gasteiger partial charge >= 0.3 is 6.03 Å². The molecule has 0 radical (unpaired) electrons. The molecule has 2 aliphatic rings. The zero-order valence-corrected chi connectivity index (χ0v) is 8.45. The lowest BCUT2D eigenvalue weighted by Crippen LogP contribution is -2.39. The van der Waals surface area contributed by atoms with Crippen molar-refractivity contribution in [3.63, 3.8) is 0 Å². The second-order valence-electron chi connectivity index (χ2n) is 4.27. The van der Waals surface area contributed by atoms with Crippen molar-refractivity contribution in [1.29, 1.82) is 0 Å². The fraction of sp³-hybridized carbons (Fsp3) is 0.800. The van der Waals surface area contributed by atoms with Crippen molar-refractivity contribution in [3.05, 3.63) is 0 Å². The Morgan fingerprint density at radius 3 is 2.50 bits per heavy atom. The summed E-state index contributed by atoms with van der Waals surface area (Å²) in [6.07, 6.45) is 4.91. The number of urea groups is 1. The lowest BCUT2D eigenvalue weighted by molar-refractivity contribution is -0.118. The number of nitrogens with one attached hydrogen (secondary N) is 1. The molecule has 3 amide bonds. The topological polar surface area (TPSA) is 49.4 Å². The van der Waals surface area contributed by atoms with Gasteiger partial charge in [0.15, 0.2) is 0 Å².